The lowest BCUT2D eigenvalue weighted by atomic mass is 10.2. The number of rotatable bonds is 1. The molecular formula is C17H12ClN3O2S. The summed E-state index contributed by atoms with van der Waals surface area (Å²) in [4.78, 5) is 34.4. The van der Waals surface area contributed by atoms with Gasteiger partial charge in [0.25, 0.3) is 11.1 Å². The van der Waals surface area contributed by atoms with Gasteiger partial charge in [-0.05, 0) is 43.2 Å². The molecule has 0 saturated heterocycles. The van der Waals surface area contributed by atoms with E-state index in [2.05, 4.69) is 9.97 Å². The van der Waals surface area contributed by atoms with Crippen molar-refractivity contribution in [3.8, 4) is 0 Å². The maximum absolute atomic E-state index is 12.7. The fraction of sp³-hybridized carbons (Fsp3) is 0.118. The molecule has 0 saturated carbocycles. The lowest BCUT2D eigenvalue weighted by Crippen LogP contribution is -2.31. The summed E-state index contributed by atoms with van der Waals surface area (Å²) >= 11 is 7.33. The first kappa shape index (κ1) is 15.1. The first-order valence-corrected chi connectivity index (χ1v) is 8.47. The minimum atomic E-state index is -0.400. The fourth-order valence-electron chi connectivity index (χ4n) is 2.68. The topological polar surface area (TPSA) is 67.2 Å². The zero-order chi connectivity index (χ0) is 17.0. The van der Waals surface area contributed by atoms with Crippen LogP contribution >= 0.6 is 22.9 Å². The van der Waals surface area contributed by atoms with E-state index >= 15 is 0 Å². The van der Waals surface area contributed by atoms with Crippen LogP contribution in [-0.4, -0.2) is 14.4 Å². The standard InChI is InChI=1S/C17H12ClN3O2S/c1-8-9(2)24-14-13(8)16(23)21-15(22)12(19-17(21)20-14)7-10-3-5-11(18)6-4-10/h3-7H,1-2H3,(H,19,20)/b12-7-. The Morgan fingerprint density at radius 3 is 2.58 bits per heavy atom. The lowest BCUT2D eigenvalue weighted by molar-refractivity contribution is 1.05. The van der Waals surface area contributed by atoms with Crippen LogP contribution in [0.5, 0.6) is 0 Å². The van der Waals surface area contributed by atoms with Crippen molar-refractivity contribution in [2.75, 3.05) is 0 Å². The number of nitrogens with zero attached hydrogens (tertiary/aromatic N) is 2. The average molecular weight is 358 g/mol. The second kappa shape index (κ2) is 5.29. The van der Waals surface area contributed by atoms with Crippen molar-refractivity contribution in [1.82, 2.24) is 14.4 Å². The van der Waals surface area contributed by atoms with Gasteiger partial charge in [-0.15, -0.1) is 11.3 Å². The van der Waals surface area contributed by atoms with Crippen molar-refractivity contribution in [2.45, 2.75) is 13.8 Å². The number of fused-ring (bicyclic) bond motifs is 2. The van der Waals surface area contributed by atoms with Crippen LogP contribution in [-0.2, 0) is 0 Å². The van der Waals surface area contributed by atoms with Gasteiger partial charge in [0, 0.05) is 9.90 Å². The van der Waals surface area contributed by atoms with Crippen molar-refractivity contribution in [3.05, 3.63) is 71.3 Å². The molecule has 0 radical (unpaired) electrons. The Bertz CT molecular complexity index is 1270. The molecule has 0 aliphatic rings. The molecular weight excluding hydrogens is 346 g/mol. The lowest BCUT2D eigenvalue weighted by Gasteiger charge is -1.92. The first-order chi connectivity index (χ1) is 11.5. The molecule has 5 nitrogen and oxygen atoms in total. The van der Waals surface area contributed by atoms with Gasteiger partial charge in [0.15, 0.2) is 0 Å². The zero-order valence-corrected chi connectivity index (χ0v) is 14.5. The van der Waals surface area contributed by atoms with Gasteiger partial charge >= 0.3 is 0 Å². The van der Waals surface area contributed by atoms with Crippen LogP contribution in [0, 0.1) is 13.8 Å². The van der Waals surface area contributed by atoms with E-state index in [4.69, 9.17) is 11.6 Å². The van der Waals surface area contributed by atoms with E-state index < -0.39 is 5.56 Å². The number of halogens is 1. The number of aromatic amines is 1. The minimum Gasteiger partial charge on any atom is -0.320 e. The third-order valence-corrected chi connectivity index (χ3v) is 5.42. The van der Waals surface area contributed by atoms with Crippen LogP contribution in [0.3, 0.4) is 0 Å². The monoisotopic (exact) mass is 357 g/mol. The predicted octanol–water partition coefficient (Wildman–Crippen LogP) is 2.42. The largest absolute Gasteiger partial charge is 0.320 e. The van der Waals surface area contributed by atoms with E-state index in [9.17, 15) is 9.59 Å². The molecule has 1 aromatic carbocycles. The molecule has 0 aliphatic heterocycles. The summed E-state index contributed by atoms with van der Waals surface area (Å²) in [6.07, 6.45) is 1.68. The Morgan fingerprint density at radius 1 is 1.17 bits per heavy atom. The highest BCUT2D eigenvalue weighted by atomic mass is 35.5. The van der Waals surface area contributed by atoms with Crippen LogP contribution in [0.25, 0.3) is 22.1 Å². The molecule has 120 valence electrons. The van der Waals surface area contributed by atoms with Gasteiger partial charge in [-0.3, -0.25) is 9.59 Å². The Balaban J connectivity index is 2.07. The first-order valence-electron chi connectivity index (χ1n) is 7.27. The van der Waals surface area contributed by atoms with Crippen LogP contribution in [0.1, 0.15) is 16.0 Å². The molecule has 1 N–H and O–H groups in total. The van der Waals surface area contributed by atoms with E-state index in [1.807, 2.05) is 13.8 Å². The molecule has 7 heteroatoms. The number of hydrogen-bond acceptors (Lipinski definition) is 4. The highest BCUT2D eigenvalue weighted by Crippen LogP contribution is 2.25. The zero-order valence-electron chi connectivity index (χ0n) is 12.9. The van der Waals surface area contributed by atoms with E-state index in [0.29, 0.717) is 20.6 Å². The molecule has 0 aliphatic carbocycles. The summed E-state index contributed by atoms with van der Waals surface area (Å²) in [7, 11) is 0. The Kier molecular flexibility index (Phi) is 3.33. The molecule has 0 bridgehead atoms. The predicted molar refractivity (Wildman–Crippen MR) is 97.2 cm³/mol. The van der Waals surface area contributed by atoms with E-state index in [0.717, 1.165) is 20.4 Å². The molecule has 0 amide bonds. The van der Waals surface area contributed by atoms with Gasteiger partial charge < -0.3 is 4.98 Å². The van der Waals surface area contributed by atoms with Crippen molar-refractivity contribution in [2.24, 2.45) is 0 Å². The smallest absolute Gasteiger partial charge is 0.284 e. The maximum atomic E-state index is 12.7. The van der Waals surface area contributed by atoms with Gasteiger partial charge in [0.05, 0.1) is 5.39 Å². The third kappa shape index (κ3) is 2.18. The normalized spacial score (nSPS) is 12.5. The average Bonchev–Trinajstić information content (AvgIpc) is 3.00. The van der Waals surface area contributed by atoms with Crippen LogP contribution in [0.15, 0.2) is 33.9 Å². The minimum absolute atomic E-state index is 0.263. The Morgan fingerprint density at radius 2 is 1.88 bits per heavy atom. The summed E-state index contributed by atoms with van der Waals surface area (Å²) in [5, 5.41) is 1.45. The third-order valence-electron chi connectivity index (χ3n) is 4.06. The number of hydrogen-bond donors (Lipinski definition) is 1. The summed E-state index contributed by atoms with van der Waals surface area (Å²) in [6, 6.07) is 7.09. The Hall–Kier alpha value is -2.44. The fourth-order valence-corrected chi connectivity index (χ4v) is 3.83. The SMILES string of the molecule is Cc1sc2nc3[nH]/c(=C\c4ccc(Cl)cc4)c(=O)n3c(=O)c2c1C. The van der Waals surface area contributed by atoms with Crippen molar-refractivity contribution in [1.29, 1.82) is 0 Å². The second-order valence-electron chi connectivity index (χ2n) is 5.58. The Labute approximate surface area is 144 Å². The van der Waals surface area contributed by atoms with Gasteiger partial charge in [-0.2, -0.15) is 0 Å². The molecule has 4 aromatic rings. The van der Waals surface area contributed by atoms with Gasteiger partial charge in [-0.25, -0.2) is 9.38 Å². The van der Waals surface area contributed by atoms with E-state index in [1.54, 1.807) is 30.3 Å². The van der Waals surface area contributed by atoms with Gasteiger partial charge in [0.1, 0.15) is 10.2 Å². The number of H-pyrrole nitrogens is 1. The van der Waals surface area contributed by atoms with E-state index in [1.165, 1.54) is 11.3 Å². The number of imidazole rings is 1. The van der Waals surface area contributed by atoms with Crippen LogP contribution in [0.4, 0.5) is 0 Å². The van der Waals surface area contributed by atoms with Crippen LogP contribution in [0.2, 0.25) is 5.02 Å². The van der Waals surface area contributed by atoms with Gasteiger partial charge in [0.2, 0.25) is 5.78 Å². The van der Waals surface area contributed by atoms with Crippen molar-refractivity contribution >= 4 is 45.0 Å². The summed E-state index contributed by atoms with van der Waals surface area (Å²) in [6.45, 7) is 3.82. The summed E-state index contributed by atoms with van der Waals surface area (Å²) < 4.78 is 1.10. The van der Waals surface area contributed by atoms with Crippen LogP contribution < -0.4 is 16.5 Å². The summed E-state index contributed by atoms with van der Waals surface area (Å²) in [5.74, 6) is 0.263. The van der Waals surface area contributed by atoms with E-state index in [-0.39, 0.29) is 11.3 Å². The molecule has 3 heterocycles. The molecule has 24 heavy (non-hydrogen) atoms. The molecule has 3 aromatic heterocycles. The highest BCUT2D eigenvalue weighted by Gasteiger charge is 2.15. The molecule has 4 rings (SSSR count). The van der Waals surface area contributed by atoms with Gasteiger partial charge in [-0.1, -0.05) is 23.7 Å². The van der Waals surface area contributed by atoms with Crippen molar-refractivity contribution in [3.63, 3.8) is 0 Å². The number of benzene rings is 1. The number of aromatic nitrogens is 3. The summed E-state index contributed by atoms with van der Waals surface area (Å²) in [5.41, 5.74) is 0.965. The maximum Gasteiger partial charge on any atom is 0.284 e. The quantitative estimate of drug-likeness (QED) is 0.569. The molecule has 0 unspecified atom stereocenters. The number of thiophene rings is 1. The number of aryl methyl sites for hydroxylation is 2. The highest BCUT2D eigenvalue weighted by molar-refractivity contribution is 7.18. The second-order valence-corrected chi connectivity index (χ2v) is 7.22. The molecule has 0 atom stereocenters. The molecule has 0 fully saturated rings. The molecule has 0 spiro atoms. The van der Waals surface area contributed by atoms with Crippen molar-refractivity contribution < 1.29 is 0 Å². The number of nitrogens with one attached hydrogen (secondary N) is 1.